The summed E-state index contributed by atoms with van der Waals surface area (Å²) in [6.45, 7) is 0. The molecule has 4 atom stereocenters. The lowest BCUT2D eigenvalue weighted by molar-refractivity contribution is 0.0284. The summed E-state index contributed by atoms with van der Waals surface area (Å²) < 4.78 is 27.0. The van der Waals surface area contributed by atoms with Crippen LogP contribution in [0, 0.1) is 11.8 Å². The van der Waals surface area contributed by atoms with Gasteiger partial charge in [0.25, 0.3) is 0 Å². The minimum Gasteiger partial charge on any atom is -0.223 e. The summed E-state index contributed by atoms with van der Waals surface area (Å²) in [5, 5.41) is 0.576. The molecule has 4 heteroatoms. The fourth-order valence-corrected chi connectivity index (χ4v) is 8.70. The van der Waals surface area contributed by atoms with Crippen LogP contribution >= 0.6 is 11.6 Å². The molecular weight excluding hydrogens is 352 g/mol. The van der Waals surface area contributed by atoms with Crippen molar-refractivity contribution in [3.63, 3.8) is 0 Å². The van der Waals surface area contributed by atoms with E-state index in [-0.39, 0.29) is 5.92 Å². The fraction of sp³-hybridized carbons (Fsp3) is 0.429. The van der Waals surface area contributed by atoms with Crippen LogP contribution in [-0.4, -0.2) is 13.2 Å². The van der Waals surface area contributed by atoms with Gasteiger partial charge in [0.15, 0.2) is 9.84 Å². The predicted octanol–water partition coefficient (Wildman–Crippen LogP) is 5.01. The molecule has 130 valence electrons. The molecule has 0 saturated heterocycles. The summed E-state index contributed by atoms with van der Waals surface area (Å²) in [5.74, 6) is 0.980. The number of rotatable bonds is 2. The first kappa shape index (κ1) is 15.9. The second kappa shape index (κ2) is 5.34. The number of fused-ring (bicyclic) bond motifs is 6. The zero-order valence-corrected chi connectivity index (χ0v) is 15.6. The molecule has 0 aromatic heterocycles. The molecule has 0 heterocycles. The van der Waals surface area contributed by atoms with Crippen LogP contribution in [0.25, 0.3) is 0 Å². The molecule has 2 aromatic rings. The molecule has 0 radical (unpaired) electrons. The van der Waals surface area contributed by atoms with Gasteiger partial charge in [-0.3, -0.25) is 0 Å². The molecular formula is C21H21ClO2S. The van der Waals surface area contributed by atoms with Crippen LogP contribution in [0.2, 0.25) is 5.02 Å². The first-order valence-electron chi connectivity index (χ1n) is 9.14. The van der Waals surface area contributed by atoms with Crippen LogP contribution < -0.4 is 0 Å². The van der Waals surface area contributed by atoms with Crippen molar-refractivity contribution in [1.82, 2.24) is 0 Å². The van der Waals surface area contributed by atoms with E-state index in [1.54, 1.807) is 24.3 Å². The second-order valence-corrected chi connectivity index (χ2v) is 10.5. The minimum atomic E-state index is -3.41. The van der Waals surface area contributed by atoms with Crippen LogP contribution in [0.1, 0.15) is 42.7 Å². The third-order valence-electron chi connectivity index (χ3n) is 6.88. The Morgan fingerprint density at radius 1 is 0.960 bits per heavy atom. The quantitative estimate of drug-likeness (QED) is 0.742. The molecule has 0 aliphatic heterocycles. The Labute approximate surface area is 154 Å². The molecule has 2 nitrogen and oxygen atoms in total. The van der Waals surface area contributed by atoms with Crippen molar-refractivity contribution in [2.24, 2.45) is 11.8 Å². The average molecular weight is 373 g/mol. The molecule has 2 aromatic carbocycles. The number of sulfone groups is 1. The standard InChI is InChI=1S/C21H21ClO2S/c22-15-9-11-16(12-10-15)25(23,24)21-13-14-5-1-2-6-17(14)20(21)18-7-3-4-8-19(18)21/h1-2,5-6,9-12,18-20H,3-4,7-8,13H2/t18-,19-,20-,21-/m0/s1. The maximum absolute atomic E-state index is 13.8. The van der Waals surface area contributed by atoms with E-state index < -0.39 is 14.6 Å². The van der Waals surface area contributed by atoms with Crippen molar-refractivity contribution >= 4 is 21.4 Å². The molecule has 0 spiro atoms. The Hall–Kier alpha value is -1.32. The van der Waals surface area contributed by atoms with E-state index in [4.69, 9.17) is 11.6 Å². The Balaban J connectivity index is 1.69. The van der Waals surface area contributed by atoms with Gasteiger partial charge in [-0.25, -0.2) is 8.42 Å². The Kier molecular flexibility index (Phi) is 3.40. The maximum Gasteiger partial charge on any atom is 0.185 e. The molecule has 25 heavy (non-hydrogen) atoms. The van der Waals surface area contributed by atoms with Gasteiger partial charge < -0.3 is 0 Å². The molecule has 2 saturated carbocycles. The van der Waals surface area contributed by atoms with E-state index in [2.05, 4.69) is 18.2 Å². The van der Waals surface area contributed by atoms with Crippen molar-refractivity contribution in [2.75, 3.05) is 0 Å². The topological polar surface area (TPSA) is 34.1 Å². The second-order valence-electron chi connectivity index (χ2n) is 7.82. The van der Waals surface area contributed by atoms with E-state index in [1.165, 1.54) is 24.0 Å². The Bertz CT molecular complexity index is 935. The third-order valence-corrected chi connectivity index (χ3v) is 9.73. The van der Waals surface area contributed by atoms with Crippen LogP contribution in [0.4, 0.5) is 0 Å². The average Bonchev–Trinajstić information content (AvgIpc) is 2.92. The SMILES string of the molecule is O=S(=O)(c1ccc(Cl)cc1)[C@]12Cc3ccccc3[C@H]1[C@H]1CCCC[C@@H]12. The lowest BCUT2D eigenvalue weighted by Gasteiger charge is -2.60. The predicted molar refractivity (Wildman–Crippen MR) is 99.7 cm³/mol. The summed E-state index contributed by atoms with van der Waals surface area (Å²) in [4.78, 5) is 0.429. The maximum atomic E-state index is 13.8. The Morgan fingerprint density at radius 3 is 2.48 bits per heavy atom. The lowest BCUT2D eigenvalue weighted by atomic mass is 9.51. The lowest BCUT2D eigenvalue weighted by Crippen LogP contribution is -2.64. The third kappa shape index (κ3) is 1.94. The number of hydrogen-bond acceptors (Lipinski definition) is 2. The van der Waals surface area contributed by atoms with Gasteiger partial charge in [0, 0.05) is 10.9 Å². The van der Waals surface area contributed by atoms with Crippen LogP contribution in [0.5, 0.6) is 0 Å². The fourth-order valence-electron chi connectivity index (χ4n) is 5.97. The van der Waals surface area contributed by atoms with Crippen LogP contribution in [0.3, 0.4) is 0 Å². The molecule has 0 amide bonds. The molecule has 3 aliphatic rings. The molecule has 5 rings (SSSR count). The van der Waals surface area contributed by atoms with Gasteiger partial charge in [-0.05, 0) is 66.5 Å². The van der Waals surface area contributed by atoms with E-state index >= 15 is 0 Å². The molecule has 0 bridgehead atoms. The van der Waals surface area contributed by atoms with Gasteiger partial charge in [0.2, 0.25) is 0 Å². The van der Waals surface area contributed by atoms with E-state index in [9.17, 15) is 8.42 Å². The largest absolute Gasteiger partial charge is 0.223 e. The zero-order valence-electron chi connectivity index (χ0n) is 14.0. The normalized spacial score (nSPS) is 33.1. The van der Waals surface area contributed by atoms with E-state index in [0.717, 1.165) is 12.8 Å². The first-order valence-corrected chi connectivity index (χ1v) is 11.0. The van der Waals surface area contributed by atoms with Crippen molar-refractivity contribution in [3.05, 3.63) is 64.7 Å². The van der Waals surface area contributed by atoms with Crippen molar-refractivity contribution in [2.45, 2.75) is 47.7 Å². The van der Waals surface area contributed by atoms with Gasteiger partial charge >= 0.3 is 0 Å². The van der Waals surface area contributed by atoms with Crippen molar-refractivity contribution < 1.29 is 8.42 Å². The number of benzene rings is 2. The van der Waals surface area contributed by atoms with Gasteiger partial charge in [0.05, 0.1) is 9.64 Å². The first-order chi connectivity index (χ1) is 12.1. The van der Waals surface area contributed by atoms with Gasteiger partial charge in [0.1, 0.15) is 0 Å². The van der Waals surface area contributed by atoms with Crippen LogP contribution in [-0.2, 0) is 16.3 Å². The highest BCUT2D eigenvalue weighted by molar-refractivity contribution is 7.93. The summed E-state index contributed by atoms with van der Waals surface area (Å²) in [6, 6.07) is 15.1. The van der Waals surface area contributed by atoms with Gasteiger partial charge in [-0.15, -0.1) is 0 Å². The minimum absolute atomic E-state index is 0.162. The highest BCUT2D eigenvalue weighted by Gasteiger charge is 2.71. The molecule has 2 fully saturated rings. The summed E-state index contributed by atoms with van der Waals surface area (Å²) in [5.41, 5.74) is 2.52. The summed E-state index contributed by atoms with van der Waals surface area (Å²) >= 11 is 5.99. The molecule has 0 unspecified atom stereocenters. The summed E-state index contributed by atoms with van der Waals surface area (Å²) in [6.07, 6.45) is 5.27. The smallest absolute Gasteiger partial charge is 0.185 e. The van der Waals surface area contributed by atoms with Crippen molar-refractivity contribution in [1.29, 1.82) is 0 Å². The Morgan fingerprint density at radius 2 is 1.68 bits per heavy atom. The zero-order chi connectivity index (χ0) is 17.2. The van der Waals surface area contributed by atoms with Crippen molar-refractivity contribution in [3.8, 4) is 0 Å². The van der Waals surface area contributed by atoms with Crippen LogP contribution in [0.15, 0.2) is 53.4 Å². The summed E-state index contributed by atoms with van der Waals surface area (Å²) in [7, 11) is -3.41. The van der Waals surface area contributed by atoms with E-state index in [1.807, 2.05) is 6.07 Å². The van der Waals surface area contributed by atoms with E-state index in [0.29, 0.717) is 28.2 Å². The van der Waals surface area contributed by atoms with Gasteiger partial charge in [-0.2, -0.15) is 0 Å². The molecule has 0 N–H and O–H groups in total. The monoisotopic (exact) mass is 372 g/mol. The molecule has 3 aliphatic carbocycles. The highest BCUT2D eigenvalue weighted by atomic mass is 35.5. The number of halogens is 1. The highest BCUT2D eigenvalue weighted by Crippen LogP contribution is 2.69. The number of hydrogen-bond donors (Lipinski definition) is 0. The van der Waals surface area contributed by atoms with Gasteiger partial charge in [-0.1, -0.05) is 48.7 Å².